The van der Waals surface area contributed by atoms with Crippen molar-refractivity contribution in [2.75, 3.05) is 0 Å². The number of carbonyl (C=O) groups is 3. The molecule has 1 aliphatic heterocycles. The van der Waals surface area contributed by atoms with Crippen LogP contribution in [-0.4, -0.2) is 28.5 Å². The van der Waals surface area contributed by atoms with Gasteiger partial charge in [0.1, 0.15) is 6.42 Å². The quantitative estimate of drug-likeness (QED) is 0.833. The first-order valence-corrected chi connectivity index (χ1v) is 7.46. The highest BCUT2D eigenvalue weighted by Crippen LogP contribution is 2.28. The van der Waals surface area contributed by atoms with Crippen LogP contribution in [0.15, 0.2) is 12.1 Å². The fourth-order valence-electron chi connectivity index (χ4n) is 2.72. The largest absolute Gasteiger partial charge is 0.345 e. The Morgan fingerprint density at radius 1 is 1.39 bits per heavy atom. The Bertz CT molecular complexity index is 717. The number of rotatable bonds is 5. The van der Waals surface area contributed by atoms with Crippen molar-refractivity contribution < 1.29 is 14.4 Å². The van der Waals surface area contributed by atoms with Gasteiger partial charge in [-0.25, -0.2) is 0 Å². The lowest BCUT2D eigenvalue weighted by atomic mass is 10.0. The van der Waals surface area contributed by atoms with Crippen molar-refractivity contribution in [3.8, 4) is 6.07 Å². The van der Waals surface area contributed by atoms with E-state index in [0.717, 1.165) is 22.3 Å². The second-order valence-corrected chi connectivity index (χ2v) is 5.91. The number of nitrogens with zero attached hydrogens (tertiary/aromatic N) is 2. The summed E-state index contributed by atoms with van der Waals surface area (Å²) in [4.78, 5) is 37.0. The molecule has 0 bridgehead atoms. The van der Waals surface area contributed by atoms with Crippen molar-refractivity contribution in [1.82, 2.24) is 10.2 Å². The third-order valence-corrected chi connectivity index (χ3v) is 3.86. The zero-order valence-corrected chi connectivity index (χ0v) is 13.5. The van der Waals surface area contributed by atoms with Crippen LogP contribution < -0.4 is 5.32 Å². The van der Waals surface area contributed by atoms with E-state index in [2.05, 4.69) is 5.32 Å². The highest BCUT2D eigenvalue weighted by atomic mass is 16.2. The molecule has 23 heavy (non-hydrogen) atoms. The zero-order valence-electron chi connectivity index (χ0n) is 13.5. The van der Waals surface area contributed by atoms with E-state index < -0.39 is 18.1 Å². The van der Waals surface area contributed by atoms with E-state index in [9.17, 15) is 14.4 Å². The van der Waals surface area contributed by atoms with Gasteiger partial charge in [0, 0.05) is 24.7 Å². The Hall–Kier alpha value is -2.68. The second kappa shape index (κ2) is 6.61. The Kier molecular flexibility index (Phi) is 4.80. The van der Waals surface area contributed by atoms with Crippen molar-refractivity contribution in [2.45, 2.75) is 46.3 Å². The van der Waals surface area contributed by atoms with Crippen LogP contribution in [0.25, 0.3) is 0 Å². The topological polar surface area (TPSA) is 90.3 Å². The number of aryl methyl sites for hydroxylation is 1. The van der Waals surface area contributed by atoms with Gasteiger partial charge in [-0.2, -0.15) is 5.26 Å². The van der Waals surface area contributed by atoms with Gasteiger partial charge in [-0.1, -0.05) is 12.1 Å². The zero-order chi connectivity index (χ0) is 17.1. The van der Waals surface area contributed by atoms with Crippen LogP contribution in [-0.2, 0) is 22.7 Å². The lowest BCUT2D eigenvalue weighted by Crippen LogP contribution is -2.30. The Morgan fingerprint density at radius 2 is 2.09 bits per heavy atom. The van der Waals surface area contributed by atoms with E-state index in [1.165, 1.54) is 0 Å². The maximum atomic E-state index is 12.4. The minimum absolute atomic E-state index is 0.0345. The third-order valence-electron chi connectivity index (χ3n) is 3.86. The minimum Gasteiger partial charge on any atom is -0.345 e. The van der Waals surface area contributed by atoms with Gasteiger partial charge in [-0.05, 0) is 37.5 Å². The normalized spacial score (nSPS) is 13.0. The van der Waals surface area contributed by atoms with Crippen molar-refractivity contribution >= 4 is 17.6 Å². The Labute approximate surface area is 135 Å². The molecule has 0 fully saturated rings. The number of Topliss-reactive ketones (excluding diaryl/α,β-unsaturated/α-hetero) is 1. The van der Waals surface area contributed by atoms with Gasteiger partial charge in [0.15, 0.2) is 0 Å². The number of hydrogen-bond acceptors (Lipinski definition) is 4. The number of hydrogen-bond donors (Lipinski definition) is 1. The van der Waals surface area contributed by atoms with Crippen LogP contribution >= 0.6 is 0 Å². The number of fused-ring (bicyclic) bond motifs is 1. The molecule has 0 atom stereocenters. The molecule has 0 spiro atoms. The van der Waals surface area contributed by atoms with E-state index in [1.807, 2.05) is 32.9 Å². The Morgan fingerprint density at radius 3 is 2.70 bits per heavy atom. The number of amides is 2. The lowest BCUT2D eigenvalue weighted by molar-refractivity contribution is -0.137. The number of carbonyl (C=O) groups excluding carboxylic acids is 3. The summed E-state index contributed by atoms with van der Waals surface area (Å²) in [6.45, 7) is 6.57. The van der Waals surface area contributed by atoms with Gasteiger partial charge in [0.25, 0.3) is 11.8 Å². The minimum atomic E-state index is -0.760. The predicted molar refractivity (Wildman–Crippen MR) is 83.3 cm³/mol. The molecule has 1 aromatic rings. The standard InChI is InChI=1S/C17H19N3O3/c1-10(2)20-9-13-7-12(6-11(3)15(13)17(20)23)8-19-16(22)14(21)4-5-18/h6-7,10H,4,8-9H2,1-3H3,(H,19,22). The molecule has 0 aliphatic carbocycles. The molecule has 1 heterocycles. The predicted octanol–water partition coefficient (Wildman–Crippen LogP) is 1.46. The maximum Gasteiger partial charge on any atom is 0.288 e. The second-order valence-electron chi connectivity index (χ2n) is 5.91. The first kappa shape index (κ1) is 16.7. The first-order chi connectivity index (χ1) is 10.8. The summed E-state index contributed by atoms with van der Waals surface area (Å²) in [5, 5.41) is 10.9. The molecule has 0 unspecified atom stereocenters. The van der Waals surface area contributed by atoms with Crippen LogP contribution in [0.1, 0.15) is 47.3 Å². The molecule has 1 N–H and O–H groups in total. The molecule has 0 saturated heterocycles. The van der Waals surface area contributed by atoms with E-state index in [-0.39, 0.29) is 18.5 Å². The van der Waals surface area contributed by atoms with Crippen LogP contribution in [0, 0.1) is 18.3 Å². The van der Waals surface area contributed by atoms with E-state index >= 15 is 0 Å². The summed E-state index contributed by atoms with van der Waals surface area (Å²) in [6, 6.07) is 5.51. The summed E-state index contributed by atoms with van der Waals surface area (Å²) in [6.07, 6.45) is -0.424. The molecule has 0 aromatic heterocycles. The molecular formula is C17H19N3O3. The molecule has 1 aliphatic rings. The molecule has 120 valence electrons. The smallest absolute Gasteiger partial charge is 0.288 e. The Balaban J connectivity index is 2.14. The molecule has 0 radical (unpaired) electrons. The van der Waals surface area contributed by atoms with Crippen molar-refractivity contribution in [1.29, 1.82) is 5.26 Å². The summed E-state index contributed by atoms with van der Waals surface area (Å²) >= 11 is 0. The fourth-order valence-corrected chi connectivity index (χ4v) is 2.72. The highest BCUT2D eigenvalue weighted by Gasteiger charge is 2.30. The number of ketones is 1. The first-order valence-electron chi connectivity index (χ1n) is 7.46. The van der Waals surface area contributed by atoms with E-state index in [1.54, 1.807) is 11.0 Å². The van der Waals surface area contributed by atoms with E-state index in [4.69, 9.17) is 5.26 Å². The molecule has 2 rings (SSSR count). The maximum absolute atomic E-state index is 12.4. The highest BCUT2D eigenvalue weighted by molar-refractivity contribution is 6.36. The SMILES string of the molecule is Cc1cc(CNC(=O)C(=O)CC#N)cc2c1C(=O)N(C(C)C)C2. The monoisotopic (exact) mass is 313 g/mol. The van der Waals surface area contributed by atoms with Crippen LogP contribution in [0.3, 0.4) is 0 Å². The van der Waals surface area contributed by atoms with Crippen LogP contribution in [0.2, 0.25) is 0 Å². The average Bonchev–Trinajstić information content (AvgIpc) is 2.82. The van der Waals surface area contributed by atoms with Crippen LogP contribution in [0.4, 0.5) is 0 Å². The average molecular weight is 313 g/mol. The number of nitrogens with one attached hydrogen (secondary N) is 1. The van der Waals surface area contributed by atoms with Crippen molar-refractivity contribution in [3.05, 3.63) is 34.4 Å². The van der Waals surface area contributed by atoms with Gasteiger partial charge in [0.2, 0.25) is 5.78 Å². The van der Waals surface area contributed by atoms with E-state index in [0.29, 0.717) is 6.54 Å². The molecule has 0 saturated carbocycles. The van der Waals surface area contributed by atoms with Crippen molar-refractivity contribution in [3.63, 3.8) is 0 Å². The molecule has 1 aromatic carbocycles. The fraction of sp³-hybridized carbons (Fsp3) is 0.412. The molecule has 6 nitrogen and oxygen atoms in total. The van der Waals surface area contributed by atoms with Gasteiger partial charge in [-0.3, -0.25) is 14.4 Å². The van der Waals surface area contributed by atoms with Gasteiger partial charge in [-0.15, -0.1) is 0 Å². The molecular weight excluding hydrogens is 294 g/mol. The van der Waals surface area contributed by atoms with Crippen LogP contribution in [0.5, 0.6) is 0 Å². The van der Waals surface area contributed by atoms with Gasteiger partial charge in [0.05, 0.1) is 6.07 Å². The number of benzene rings is 1. The number of nitriles is 1. The molecule has 6 heteroatoms. The summed E-state index contributed by atoms with van der Waals surface area (Å²) in [5.41, 5.74) is 3.37. The summed E-state index contributed by atoms with van der Waals surface area (Å²) in [7, 11) is 0. The lowest BCUT2D eigenvalue weighted by Gasteiger charge is -2.19. The summed E-state index contributed by atoms with van der Waals surface area (Å²) < 4.78 is 0. The van der Waals surface area contributed by atoms with Gasteiger partial charge < -0.3 is 10.2 Å². The van der Waals surface area contributed by atoms with Crippen molar-refractivity contribution in [2.24, 2.45) is 0 Å². The third kappa shape index (κ3) is 3.39. The van der Waals surface area contributed by atoms with Gasteiger partial charge >= 0.3 is 0 Å². The molecule has 2 amide bonds. The summed E-state index contributed by atoms with van der Waals surface area (Å²) in [5.74, 6) is -1.47.